The van der Waals surface area contributed by atoms with Gasteiger partial charge in [0.1, 0.15) is 12.6 Å². The lowest BCUT2D eigenvalue weighted by atomic mass is 10.0. The van der Waals surface area contributed by atoms with E-state index in [1.54, 1.807) is 30.3 Å². The normalized spacial score (nSPS) is 12.9. The summed E-state index contributed by atoms with van der Waals surface area (Å²) in [5, 5.41) is 3.61. The number of sulfonamides is 1. The van der Waals surface area contributed by atoms with Crippen molar-refractivity contribution in [1.29, 1.82) is 0 Å². The van der Waals surface area contributed by atoms with Crippen molar-refractivity contribution in [2.75, 3.05) is 29.9 Å². The molecule has 2 amide bonds. The summed E-state index contributed by atoms with van der Waals surface area (Å²) in [4.78, 5) is 29.4. The van der Waals surface area contributed by atoms with Gasteiger partial charge in [-0.15, -0.1) is 0 Å². The van der Waals surface area contributed by atoms with Crippen LogP contribution in [-0.2, 0) is 32.6 Å². The van der Waals surface area contributed by atoms with Crippen LogP contribution < -0.4 is 19.1 Å². The number of nitrogens with one attached hydrogen (secondary N) is 1. The van der Waals surface area contributed by atoms with Gasteiger partial charge in [-0.1, -0.05) is 72.9 Å². The van der Waals surface area contributed by atoms with E-state index >= 15 is 0 Å². The number of anilines is 1. The fourth-order valence-electron chi connectivity index (χ4n) is 4.65. The van der Waals surface area contributed by atoms with E-state index in [0.29, 0.717) is 33.7 Å². The number of nitrogens with zero attached hydrogens (tertiary/aromatic N) is 2. The molecule has 0 bridgehead atoms. The maximum absolute atomic E-state index is 14.3. The van der Waals surface area contributed by atoms with Gasteiger partial charge in [0, 0.05) is 25.6 Å². The highest BCUT2D eigenvalue weighted by molar-refractivity contribution is 7.92. The van der Waals surface area contributed by atoms with Gasteiger partial charge >= 0.3 is 0 Å². The molecule has 12 heteroatoms. The van der Waals surface area contributed by atoms with Gasteiger partial charge in [-0.3, -0.25) is 13.9 Å². The summed E-state index contributed by atoms with van der Waals surface area (Å²) in [7, 11) is -3.92. The Bertz CT molecular complexity index is 1540. The number of ether oxygens (including phenoxy) is 2. The van der Waals surface area contributed by atoms with Crippen molar-refractivity contribution in [1.82, 2.24) is 10.2 Å². The van der Waals surface area contributed by atoms with E-state index in [1.807, 2.05) is 37.3 Å². The first-order valence-corrected chi connectivity index (χ1v) is 16.4. The molecule has 1 N–H and O–H groups in total. The summed E-state index contributed by atoms with van der Waals surface area (Å²) in [6.07, 6.45) is 1.88. The van der Waals surface area contributed by atoms with E-state index in [9.17, 15) is 18.0 Å². The Morgan fingerprint density at radius 3 is 2.37 bits per heavy atom. The van der Waals surface area contributed by atoms with E-state index in [0.717, 1.165) is 22.7 Å². The second kappa shape index (κ2) is 14.8. The van der Waals surface area contributed by atoms with Crippen LogP contribution in [0.4, 0.5) is 5.69 Å². The highest BCUT2D eigenvalue weighted by atomic mass is 35.5. The molecule has 1 unspecified atom stereocenters. The van der Waals surface area contributed by atoms with Gasteiger partial charge < -0.3 is 19.7 Å². The Morgan fingerprint density at radius 2 is 1.67 bits per heavy atom. The summed E-state index contributed by atoms with van der Waals surface area (Å²) in [6.45, 7) is 3.45. The van der Waals surface area contributed by atoms with E-state index in [4.69, 9.17) is 32.7 Å². The molecule has 0 fully saturated rings. The van der Waals surface area contributed by atoms with Crippen LogP contribution >= 0.6 is 23.2 Å². The average molecular weight is 649 g/mol. The van der Waals surface area contributed by atoms with Crippen LogP contribution in [0.15, 0.2) is 66.7 Å². The average Bonchev–Trinajstić information content (AvgIpc) is 3.48. The lowest BCUT2D eigenvalue weighted by Gasteiger charge is -2.34. The van der Waals surface area contributed by atoms with Crippen LogP contribution in [0, 0.1) is 0 Å². The van der Waals surface area contributed by atoms with E-state index < -0.39 is 28.5 Å². The predicted octanol–water partition coefficient (Wildman–Crippen LogP) is 5.43. The highest BCUT2D eigenvalue weighted by Crippen LogP contribution is 2.36. The molecule has 0 radical (unpaired) electrons. The standard InChI is InChI=1S/C31H35Cl2N3O6S/c1-3-5-15-34-31(38)27(17-22-9-7-6-8-10-22)35(19-23-11-13-25(32)26(33)16-23)30(37)20-36(43(39,40)4-2)24-12-14-28-29(18-24)42-21-41-28/h6-14,16,18,27H,3-5,15,17,19-21H2,1-2H3,(H,34,38). The summed E-state index contributed by atoms with van der Waals surface area (Å²) in [5.41, 5.74) is 1.73. The maximum atomic E-state index is 14.3. The quantitative estimate of drug-likeness (QED) is 0.234. The Balaban J connectivity index is 1.74. The number of hydrogen-bond donors (Lipinski definition) is 1. The van der Waals surface area contributed by atoms with Gasteiger partial charge in [0.25, 0.3) is 0 Å². The summed E-state index contributed by atoms with van der Waals surface area (Å²) >= 11 is 12.4. The molecule has 4 rings (SSSR count). The molecule has 3 aromatic carbocycles. The van der Waals surface area contributed by atoms with Crippen molar-refractivity contribution in [3.63, 3.8) is 0 Å². The summed E-state index contributed by atoms with van der Waals surface area (Å²) < 4.78 is 38.6. The topological polar surface area (TPSA) is 105 Å². The molecule has 1 aliphatic rings. The Kier molecular flexibility index (Phi) is 11.2. The maximum Gasteiger partial charge on any atom is 0.244 e. The fraction of sp³-hybridized carbons (Fsp3) is 0.355. The minimum Gasteiger partial charge on any atom is -0.454 e. The number of halogens is 2. The Morgan fingerprint density at radius 1 is 0.930 bits per heavy atom. The highest BCUT2D eigenvalue weighted by Gasteiger charge is 2.34. The number of carbonyl (C=O) groups excluding carboxylic acids is 2. The molecule has 0 saturated heterocycles. The van der Waals surface area contributed by atoms with Gasteiger partial charge in [-0.05, 0) is 48.7 Å². The molecular formula is C31H35Cl2N3O6S. The number of benzene rings is 3. The van der Waals surface area contributed by atoms with Crippen molar-refractivity contribution in [2.24, 2.45) is 0 Å². The lowest BCUT2D eigenvalue weighted by Crippen LogP contribution is -2.53. The van der Waals surface area contributed by atoms with Gasteiger partial charge in [0.2, 0.25) is 28.6 Å². The number of amides is 2. The van der Waals surface area contributed by atoms with Gasteiger partial charge in [-0.2, -0.15) is 0 Å². The zero-order chi connectivity index (χ0) is 31.0. The SMILES string of the molecule is CCCCNC(=O)C(Cc1ccccc1)N(Cc1ccc(Cl)c(Cl)c1)C(=O)CN(c1ccc2c(c1)OCO2)S(=O)(=O)CC. The van der Waals surface area contributed by atoms with Gasteiger partial charge in [0.05, 0.1) is 21.5 Å². The van der Waals surface area contributed by atoms with Crippen LogP contribution in [0.25, 0.3) is 0 Å². The van der Waals surface area contributed by atoms with Crippen molar-refractivity contribution >= 4 is 50.7 Å². The number of unbranched alkanes of at least 4 members (excludes halogenated alkanes) is 1. The smallest absolute Gasteiger partial charge is 0.244 e. The first-order valence-electron chi connectivity index (χ1n) is 14.1. The third-order valence-electron chi connectivity index (χ3n) is 7.06. The molecule has 3 aromatic rings. The van der Waals surface area contributed by atoms with E-state index in [1.165, 1.54) is 17.9 Å². The molecule has 0 saturated carbocycles. The number of carbonyl (C=O) groups is 2. The summed E-state index contributed by atoms with van der Waals surface area (Å²) in [5.74, 6) is -0.277. The molecule has 0 spiro atoms. The lowest BCUT2D eigenvalue weighted by molar-refractivity contribution is -0.140. The third-order valence-corrected chi connectivity index (χ3v) is 9.54. The monoisotopic (exact) mass is 647 g/mol. The van der Waals surface area contributed by atoms with Crippen LogP contribution in [0.1, 0.15) is 37.8 Å². The largest absolute Gasteiger partial charge is 0.454 e. The molecule has 1 heterocycles. The van der Waals surface area contributed by atoms with Crippen molar-refractivity contribution < 1.29 is 27.5 Å². The van der Waals surface area contributed by atoms with Crippen molar-refractivity contribution in [3.8, 4) is 11.5 Å². The van der Waals surface area contributed by atoms with E-state index in [-0.39, 0.29) is 37.1 Å². The second-order valence-electron chi connectivity index (χ2n) is 10.1. The molecule has 1 aliphatic heterocycles. The van der Waals surface area contributed by atoms with Crippen LogP contribution in [0.3, 0.4) is 0 Å². The molecule has 0 aliphatic carbocycles. The Hall–Kier alpha value is -3.47. The first kappa shape index (κ1) is 32.4. The first-order chi connectivity index (χ1) is 20.6. The number of hydrogen-bond acceptors (Lipinski definition) is 6. The zero-order valence-electron chi connectivity index (χ0n) is 24.1. The minimum atomic E-state index is -3.92. The van der Waals surface area contributed by atoms with Crippen molar-refractivity contribution in [2.45, 2.75) is 45.7 Å². The zero-order valence-corrected chi connectivity index (χ0v) is 26.4. The molecule has 0 aromatic heterocycles. The molecule has 230 valence electrons. The molecule has 1 atom stereocenters. The number of rotatable bonds is 14. The minimum absolute atomic E-state index is 0.00439. The predicted molar refractivity (Wildman–Crippen MR) is 168 cm³/mol. The van der Waals surface area contributed by atoms with Crippen LogP contribution in [-0.4, -0.2) is 56.8 Å². The van der Waals surface area contributed by atoms with Crippen LogP contribution in [0.5, 0.6) is 11.5 Å². The third kappa shape index (κ3) is 8.34. The fourth-order valence-corrected chi connectivity index (χ4v) is 6.03. The second-order valence-corrected chi connectivity index (χ2v) is 13.1. The van der Waals surface area contributed by atoms with Gasteiger partial charge in [-0.25, -0.2) is 8.42 Å². The molecule has 9 nitrogen and oxygen atoms in total. The number of fused-ring (bicyclic) bond motifs is 1. The summed E-state index contributed by atoms with van der Waals surface area (Å²) in [6, 6.07) is 18.1. The van der Waals surface area contributed by atoms with Gasteiger partial charge in [0.15, 0.2) is 11.5 Å². The molecular weight excluding hydrogens is 613 g/mol. The van der Waals surface area contributed by atoms with Crippen molar-refractivity contribution in [3.05, 3.63) is 87.9 Å². The molecule has 43 heavy (non-hydrogen) atoms. The van der Waals surface area contributed by atoms with Crippen LogP contribution in [0.2, 0.25) is 10.0 Å². The Labute approximate surface area is 262 Å². The van der Waals surface area contributed by atoms with E-state index in [2.05, 4.69) is 5.32 Å².